The van der Waals surface area contributed by atoms with Crippen LogP contribution in [0.2, 0.25) is 5.02 Å². The molecule has 0 saturated heterocycles. The molecule has 3 nitrogen and oxygen atoms in total. The van der Waals surface area contributed by atoms with Gasteiger partial charge in [0.1, 0.15) is 0 Å². The molecular formula is C14H14ClNO2. The molecule has 1 heterocycles. The number of benzene rings is 1. The van der Waals surface area contributed by atoms with Gasteiger partial charge in [0.05, 0.1) is 11.4 Å². The molecule has 1 atom stereocenters. The van der Waals surface area contributed by atoms with Crippen LogP contribution < -0.4 is 0 Å². The van der Waals surface area contributed by atoms with Gasteiger partial charge in [0.15, 0.2) is 0 Å². The average Bonchev–Trinajstić information content (AvgIpc) is 3.03. The van der Waals surface area contributed by atoms with E-state index in [1.54, 1.807) is 0 Å². The Morgan fingerprint density at radius 2 is 2.28 bits per heavy atom. The van der Waals surface area contributed by atoms with E-state index in [1.807, 2.05) is 24.4 Å². The van der Waals surface area contributed by atoms with Crippen molar-refractivity contribution in [3.05, 3.63) is 35.0 Å². The summed E-state index contributed by atoms with van der Waals surface area (Å²) in [7, 11) is 0. The van der Waals surface area contributed by atoms with Crippen LogP contribution >= 0.6 is 11.6 Å². The smallest absolute Gasteiger partial charge is 0.303 e. The van der Waals surface area contributed by atoms with Gasteiger partial charge in [-0.15, -0.1) is 0 Å². The predicted octanol–water partition coefficient (Wildman–Crippen LogP) is 3.79. The number of fused-ring (bicyclic) bond motifs is 1. The molecule has 94 valence electrons. The number of hydrogen-bond donors (Lipinski definition) is 2. The summed E-state index contributed by atoms with van der Waals surface area (Å²) in [6.07, 6.45) is 4.29. The number of aromatic amines is 1. The fourth-order valence-corrected chi connectivity index (χ4v) is 2.89. The Bertz CT molecular complexity index is 601. The van der Waals surface area contributed by atoms with Crippen molar-refractivity contribution >= 4 is 28.5 Å². The van der Waals surface area contributed by atoms with E-state index in [0.717, 1.165) is 29.3 Å². The van der Waals surface area contributed by atoms with E-state index >= 15 is 0 Å². The van der Waals surface area contributed by atoms with Crippen molar-refractivity contribution in [2.75, 3.05) is 0 Å². The van der Waals surface area contributed by atoms with Gasteiger partial charge in [0.25, 0.3) is 0 Å². The molecule has 1 fully saturated rings. The molecule has 4 heteroatoms. The van der Waals surface area contributed by atoms with Gasteiger partial charge < -0.3 is 10.1 Å². The highest BCUT2D eigenvalue weighted by atomic mass is 35.5. The summed E-state index contributed by atoms with van der Waals surface area (Å²) in [5.74, 6) is -0.146. The molecule has 2 N–H and O–H groups in total. The van der Waals surface area contributed by atoms with Crippen LogP contribution in [-0.4, -0.2) is 16.1 Å². The zero-order valence-electron chi connectivity index (χ0n) is 9.82. The maximum Gasteiger partial charge on any atom is 0.303 e. The lowest BCUT2D eigenvalue weighted by Gasteiger charge is -2.15. The van der Waals surface area contributed by atoms with E-state index in [4.69, 9.17) is 16.7 Å². The Hall–Kier alpha value is -1.48. The number of rotatable bonds is 4. The zero-order chi connectivity index (χ0) is 12.7. The fraction of sp³-hybridized carbons (Fsp3) is 0.357. The molecule has 2 aromatic rings. The Morgan fingerprint density at radius 3 is 2.94 bits per heavy atom. The molecule has 3 rings (SSSR count). The number of aromatic nitrogens is 1. The summed E-state index contributed by atoms with van der Waals surface area (Å²) in [5.41, 5.74) is 2.02. The quantitative estimate of drug-likeness (QED) is 0.882. The van der Waals surface area contributed by atoms with Crippen LogP contribution in [-0.2, 0) is 4.79 Å². The van der Waals surface area contributed by atoms with Crippen molar-refractivity contribution in [2.24, 2.45) is 5.92 Å². The van der Waals surface area contributed by atoms with Crippen LogP contribution in [0.5, 0.6) is 0 Å². The number of hydrogen-bond acceptors (Lipinski definition) is 1. The highest BCUT2D eigenvalue weighted by Gasteiger charge is 2.34. The first-order valence-corrected chi connectivity index (χ1v) is 6.51. The van der Waals surface area contributed by atoms with Crippen molar-refractivity contribution in [1.29, 1.82) is 0 Å². The van der Waals surface area contributed by atoms with Crippen molar-refractivity contribution in [3.8, 4) is 0 Å². The first kappa shape index (κ1) is 11.6. The van der Waals surface area contributed by atoms with Crippen LogP contribution in [0.3, 0.4) is 0 Å². The van der Waals surface area contributed by atoms with E-state index < -0.39 is 5.97 Å². The molecule has 1 aromatic heterocycles. The number of carbonyl (C=O) groups is 1. The van der Waals surface area contributed by atoms with Crippen LogP contribution in [0.4, 0.5) is 0 Å². The van der Waals surface area contributed by atoms with Gasteiger partial charge in [0, 0.05) is 17.1 Å². The van der Waals surface area contributed by atoms with Crippen LogP contribution in [0.25, 0.3) is 10.9 Å². The van der Waals surface area contributed by atoms with E-state index in [0.29, 0.717) is 10.9 Å². The van der Waals surface area contributed by atoms with Gasteiger partial charge in [-0.25, -0.2) is 0 Å². The summed E-state index contributed by atoms with van der Waals surface area (Å²) >= 11 is 6.24. The van der Waals surface area contributed by atoms with Gasteiger partial charge in [-0.1, -0.05) is 11.6 Å². The third-order valence-corrected chi connectivity index (χ3v) is 3.97. The first-order chi connectivity index (χ1) is 8.65. The monoisotopic (exact) mass is 263 g/mol. The number of carboxylic acid groups (broad SMARTS) is 1. The average molecular weight is 264 g/mol. The van der Waals surface area contributed by atoms with Gasteiger partial charge in [-0.05, 0) is 48.4 Å². The molecule has 1 unspecified atom stereocenters. The topological polar surface area (TPSA) is 53.1 Å². The van der Waals surface area contributed by atoms with Crippen molar-refractivity contribution in [1.82, 2.24) is 4.98 Å². The van der Waals surface area contributed by atoms with Crippen LogP contribution in [0.15, 0.2) is 24.4 Å². The lowest BCUT2D eigenvalue weighted by atomic mass is 9.90. The second-order valence-corrected chi connectivity index (χ2v) is 5.39. The SMILES string of the molecule is O=C(O)CC(c1cc(Cl)c2cc[nH]c2c1)C1CC1. The molecule has 1 aliphatic carbocycles. The van der Waals surface area contributed by atoms with Gasteiger partial charge >= 0.3 is 5.97 Å². The summed E-state index contributed by atoms with van der Waals surface area (Å²) in [5, 5.41) is 10.7. The molecule has 0 bridgehead atoms. The molecule has 1 aliphatic rings. The van der Waals surface area contributed by atoms with Crippen molar-refractivity contribution < 1.29 is 9.90 Å². The highest BCUT2D eigenvalue weighted by Crippen LogP contribution is 2.45. The molecule has 0 amide bonds. The maximum absolute atomic E-state index is 11.0. The Labute approximate surface area is 110 Å². The normalized spacial score (nSPS) is 16.9. The second kappa shape index (κ2) is 4.32. The maximum atomic E-state index is 11.0. The molecule has 0 aliphatic heterocycles. The largest absolute Gasteiger partial charge is 0.481 e. The predicted molar refractivity (Wildman–Crippen MR) is 71.0 cm³/mol. The third kappa shape index (κ3) is 2.10. The van der Waals surface area contributed by atoms with E-state index in [-0.39, 0.29) is 12.3 Å². The summed E-state index contributed by atoms with van der Waals surface area (Å²) in [6.45, 7) is 0. The Morgan fingerprint density at radius 1 is 1.50 bits per heavy atom. The number of nitrogens with one attached hydrogen (secondary N) is 1. The Kier molecular flexibility index (Phi) is 2.78. The summed E-state index contributed by atoms with van der Waals surface area (Å²) in [4.78, 5) is 14.1. The Balaban J connectivity index is 2.02. The third-order valence-electron chi connectivity index (χ3n) is 3.65. The lowest BCUT2D eigenvalue weighted by molar-refractivity contribution is -0.137. The minimum atomic E-state index is -0.741. The minimum absolute atomic E-state index is 0.0905. The molecule has 1 aromatic carbocycles. The summed E-state index contributed by atoms with van der Waals surface area (Å²) in [6, 6.07) is 5.89. The number of carboxylic acids is 1. The summed E-state index contributed by atoms with van der Waals surface area (Å²) < 4.78 is 0. The van der Waals surface area contributed by atoms with Crippen molar-refractivity contribution in [3.63, 3.8) is 0 Å². The van der Waals surface area contributed by atoms with Crippen LogP contribution in [0.1, 0.15) is 30.7 Å². The lowest BCUT2D eigenvalue weighted by Crippen LogP contribution is -2.08. The van der Waals surface area contributed by atoms with Crippen molar-refractivity contribution in [2.45, 2.75) is 25.2 Å². The van der Waals surface area contributed by atoms with Gasteiger partial charge in [-0.3, -0.25) is 4.79 Å². The zero-order valence-corrected chi connectivity index (χ0v) is 10.6. The van der Waals surface area contributed by atoms with Crippen LogP contribution in [0, 0.1) is 5.92 Å². The molecular weight excluding hydrogens is 250 g/mol. The highest BCUT2D eigenvalue weighted by molar-refractivity contribution is 6.35. The molecule has 18 heavy (non-hydrogen) atoms. The number of H-pyrrole nitrogens is 1. The molecule has 0 spiro atoms. The standard InChI is InChI=1S/C14H14ClNO2/c15-12-5-9(6-13-10(12)3-4-16-13)11(7-14(17)18)8-1-2-8/h3-6,8,11,16H,1-2,7H2,(H,17,18). The molecule has 1 saturated carbocycles. The molecule has 0 radical (unpaired) electrons. The van der Waals surface area contributed by atoms with E-state index in [1.165, 1.54) is 0 Å². The van der Waals surface area contributed by atoms with E-state index in [9.17, 15) is 4.79 Å². The van der Waals surface area contributed by atoms with Gasteiger partial charge in [-0.2, -0.15) is 0 Å². The number of aliphatic carboxylic acids is 1. The van der Waals surface area contributed by atoms with E-state index in [2.05, 4.69) is 4.98 Å². The first-order valence-electron chi connectivity index (χ1n) is 6.13. The fourth-order valence-electron chi connectivity index (χ4n) is 2.60. The minimum Gasteiger partial charge on any atom is -0.481 e. The second-order valence-electron chi connectivity index (χ2n) is 4.98. The number of halogens is 1. The van der Waals surface area contributed by atoms with Gasteiger partial charge in [0.2, 0.25) is 0 Å².